The van der Waals surface area contributed by atoms with Crippen molar-refractivity contribution in [2.24, 2.45) is 0 Å². The lowest BCUT2D eigenvalue weighted by Crippen LogP contribution is -2.30. The van der Waals surface area contributed by atoms with Crippen LogP contribution in [-0.4, -0.2) is 35.8 Å². The standard InChI is InChI=1S/C20H27IN4O3/c1-11(2)13-8-17(26-4)14(21)9-16(13)28-18-10-23-20(22)25-19(18)24-12(3)15-6-5-7-27-15/h8-12,15H,5-7H2,1-4H3,(H3,22,23,24,25)/t12?,15-/m0/s1. The summed E-state index contributed by atoms with van der Waals surface area (Å²) in [5.41, 5.74) is 6.87. The van der Waals surface area contributed by atoms with Gasteiger partial charge < -0.3 is 25.3 Å². The third-order valence-electron chi connectivity index (χ3n) is 4.79. The van der Waals surface area contributed by atoms with Crippen molar-refractivity contribution in [1.29, 1.82) is 0 Å². The SMILES string of the molecule is COc1cc(C(C)C)c(Oc2cnc(N)nc2NC(C)[C@@H]2CCCO2)cc1I. The molecule has 0 radical (unpaired) electrons. The largest absolute Gasteiger partial charge is 0.496 e. The minimum Gasteiger partial charge on any atom is -0.496 e. The molecule has 2 aromatic rings. The lowest BCUT2D eigenvalue weighted by molar-refractivity contribution is 0.0995. The highest BCUT2D eigenvalue weighted by Crippen LogP contribution is 2.38. The number of nitrogens with two attached hydrogens (primary N) is 1. The second-order valence-corrected chi connectivity index (χ2v) is 8.37. The molecule has 1 aromatic carbocycles. The summed E-state index contributed by atoms with van der Waals surface area (Å²) in [6.45, 7) is 7.11. The average Bonchev–Trinajstić information content (AvgIpc) is 3.18. The maximum atomic E-state index is 6.26. The van der Waals surface area contributed by atoms with Crippen LogP contribution in [0.15, 0.2) is 18.3 Å². The summed E-state index contributed by atoms with van der Waals surface area (Å²) < 4.78 is 18.5. The maximum absolute atomic E-state index is 6.26. The number of hydrogen-bond acceptors (Lipinski definition) is 7. The second kappa shape index (κ2) is 9.13. The van der Waals surface area contributed by atoms with Crippen LogP contribution in [0.4, 0.5) is 11.8 Å². The summed E-state index contributed by atoms with van der Waals surface area (Å²) in [6, 6.07) is 4.07. The first-order chi connectivity index (χ1) is 13.4. The molecule has 7 nitrogen and oxygen atoms in total. The molecule has 2 heterocycles. The zero-order chi connectivity index (χ0) is 20.3. The molecule has 0 amide bonds. The fourth-order valence-corrected chi connectivity index (χ4v) is 3.89. The van der Waals surface area contributed by atoms with Crippen LogP contribution in [0, 0.1) is 3.57 Å². The monoisotopic (exact) mass is 498 g/mol. The topological polar surface area (TPSA) is 91.5 Å². The number of nitrogen functional groups attached to an aromatic ring is 1. The van der Waals surface area contributed by atoms with Crippen molar-refractivity contribution in [3.8, 4) is 17.2 Å². The quantitative estimate of drug-likeness (QED) is 0.541. The Morgan fingerprint density at radius 2 is 2.04 bits per heavy atom. The van der Waals surface area contributed by atoms with Crippen LogP contribution in [0.5, 0.6) is 17.2 Å². The Hall–Kier alpha value is -1.81. The highest BCUT2D eigenvalue weighted by atomic mass is 127. The summed E-state index contributed by atoms with van der Waals surface area (Å²) >= 11 is 2.24. The van der Waals surface area contributed by atoms with Crippen LogP contribution in [-0.2, 0) is 4.74 Å². The van der Waals surface area contributed by atoms with Gasteiger partial charge in [0.2, 0.25) is 5.95 Å². The number of methoxy groups -OCH3 is 1. The van der Waals surface area contributed by atoms with Gasteiger partial charge in [0, 0.05) is 12.2 Å². The molecule has 8 heteroatoms. The Balaban J connectivity index is 1.91. The number of halogens is 1. The Bertz CT molecular complexity index is 825. The zero-order valence-corrected chi connectivity index (χ0v) is 18.8. The summed E-state index contributed by atoms with van der Waals surface area (Å²) in [5.74, 6) is 3.13. The highest BCUT2D eigenvalue weighted by Gasteiger charge is 2.24. The van der Waals surface area contributed by atoms with Gasteiger partial charge in [-0.1, -0.05) is 13.8 Å². The number of benzene rings is 1. The molecule has 1 fully saturated rings. The van der Waals surface area contributed by atoms with Crippen molar-refractivity contribution in [3.05, 3.63) is 27.5 Å². The number of nitrogens with zero attached hydrogens (tertiary/aromatic N) is 2. The van der Waals surface area contributed by atoms with Gasteiger partial charge in [-0.3, -0.25) is 0 Å². The molecule has 0 saturated carbocycles. The number of aromatic nitrogens is 2. The molecular weight excluding hydrogens is 471 g/mol. The van der Waals surface area contributed by atoms with Crippen LogP contribution in [0.3, 0.4) is 0 Å². The number of hydrogen-bond donors (Lipinski definition) is 2. The van der Waals surface area contributed by atoms with E-state index in [0.717, 1.165) is 40.1 Å². The van der Waals surface area contributed by atoms with Gasteiger partial charge >= 0.3 is 0 Å². The molecule has 1 aliphatic rings. The summed E-state index contributed by atoms with van der Waals surface area (Å²) in [6.07, 6.45) is 3.86. The Labute approximate surface area is 179 Å². The molecule has 2 atom stereocenters. The zero-order valence-electron chi connectivity index (χ0n) is 16.7. The smallest absolute Gasteiger partial charge is 0.222 e. The summed E-state index contributed by atoms with van der Waals surface area (Å²) in [7, 11) is 1.67. The molecule has 1 saturated heterocycles. The van der Waals surface area contributed by atoms with E-state index in [1.54, 1.807) is 13.3 Å². The molecule has 1 unspecified atom stereocenters. The number of anilines is 2. The van der Waals surface area contributed by atoms with Crippen LogP contribution >= 0.6 is 22.6 Å². The molecule has 1 aromatic heterocycles. The van der Waals surface area contributed by atoms with E-state index in [9.17, 15) is 0 Å². The molecule has 0 aliphatic carbocycles. The van der Waals surface area contributed by atoms with E-state index in [2.05, 4.69) is 58.6 Å². The highest BCUT2D eigenvalue weighted by molar-refractivity contribution is 14.1. The van der Waals surface area contributed by atoms with Gasteiger partial charge in [0.15, 0.2) is 11.6 Å². The molecule has 152 valence electrons. The second-order valence-electron chi connectivity index (χ2n) is 7.21. The number of ether oxygens (including phenoxy) is 3. The van der Waals surface area contributed by atoms with Crippen LogP contribution < -0.4 is 20.5 Å². The van der Waals surface area contributed by atoms with Gasteiger partial charge in [0.1, 0.15) is 11.5 Å². The third kappa shape index (κ3) is 4.78. The van der Waals surface area contributed by atoms with Gasteiger partial charge in [-0.25, -0.2) is 4.98 Å². The predicted molar refractivity (Wildman–Crippen MR) is 118 cm³/mol. The Morgan fingerprint density at radius 1 is 1.25 bits per heavy atom. The molecule has 0 bridgehead atoms. The van der Waals surface area contributed by atoms with Crippen LogP contribution in [0.2, 0.25) is 0 Å². The van der Waals surface area contributed by atoms with Crippen molar-refractivity contribution in [2.45, 2.75) is 51.7 Å². The molecule has 28 heavy (non-hydrogen) atoms. The van der Waals surface area contributed by atoms with E-state index in [4.69, 9.17) is 19.9 Å². The van der Waals surface area contributed by atoms with Crippen LogP contribution in [0.25, 0.3) is 0 Å². The van der Waals surface area contributed by atoms with E-state index in [0.29, 0.717) is 11.6 Å². The lowest BCUT2D eigenvalue weighted by atomic mass is 10.0. The minimum atomic E-state index is 0.0831. The number of rotatable bonds is 7. The maximum Gasteiger partial charge on any atom is 0.222 e. The summed E-state index contributed by atoms with van der Waals surface area (Å²) in [4.78, 5) is 8.48. The first-order valence-corrected chi connectivity index (χ1v) is 10.5. The number of nitrogens with one attached hydrogen (secondary N) is 1. The van der Waals surface area contributed by atoms with E-state index in [1.807, 2.05) is 12.1 Å². The molecular formula is C20H27IN4O3. The first kappa shape index (κ1) is 20.9. The molecule has 3 N–H and O–H groups in total. The van der Waals surface area contributed by atoms with Crippen molar-refractivity contribution in [2.75, 3.05) is 24.8 Å². The minimum absolute atomic E-state index is 0.0831. The fraction of sp³-hybridized carbons (Fsp3) is 0.500. The van der Waals surface area contributed by atoms with Crippen molar-refractivity contribution >= 4 is 34.4 Å². The Kier molecular flexibility index (Phi) is 6.82. The predicted octanol–water partition coefficient (Wildman–Crippen LogP) is 4.57. The van der Waals surface area contributed by atoms with E-state index >= 15 is 0 Å². The van der Waals surface area contributed by atoms with Crippen LogP contribution in [0.1, 0.15) is 45.1 Å². The van der Waals surface area contributed by atoms with Crippen molar-refractivity contribution in [3.63, 3.8) is 0 Å². The fourth-order valence-electron chi connectivity index (χ4n) is 3.23. The van der Waals surface area contributed by atoms with Crippen molar-refractivity contribution < 1.29 is 14.2 Å². The van der Waals surface area contributed by atoms with Gasteiger partial charge in [0.25, 0.3) is 0 Å². The van der Waals surface area contributed by atoms with E-state index < -0.39 is 0 Å². The first-order valence-electron chi connectivity index (χ1n) is 9.45. The van der Waals surface area contributed by atoms with Gasteiger partial charge in [0.05, 0.1) is 29.0 Å². The molecule has 1 aliphatic heterocycles. The summed E-state index contributed by atoms with van der Waals surface area (Å²) in [5, 5.41) is 3.39. The van der Waals surface area contributed by atoms with E-state index in [-0.39, 0.29) is 24.0 Å². The van der Waals surface area contributed by atoms with Crippen molar-refractivity contribution in [1.82, 2.24) is 9.97 Å². The van der Waals surface area contributed by atoms with Gasteiger partial charge in [-0.05, 0) is 60.4 Å². The average molecular weight is 498 g/mol. The normalized spacial score (nSPS) is 17.6. The molecule has 0 spiro atoms. The Morgan fingerprint density at radius 3 is 2.68 bits per heavy atom. The van der Waals surface area contributed by atoms with Gasteiger partial charge in [-0.2, -0.15) is 4.98 Å². The lowest BCUT2D eigenvalue weighted by Gasteiger charge is -2.22. The van der Waals surface area contributed by atoms with Gasteiger partial charge in [-0.15, -0.1) is 0 Å². The third-order valence-corrected chi connectivity index (χ3v) is 5.63. The van der Waals surface area contributed by atoms with E-state index in [1.165, 1.54) is 0 Å². The molecule has 3 rings (SSSR count).